The molecule has 0 aliphatic heterocycles. The lowest BCUT2D eigenvalue weighted by Crippen LogP contribution is -2.14. The molecule has 4 rings (SSSR count). The van der Waals surface area contributed by atoms with E-state index in [2.05, 4.69) is 37.2 Å². The molecule has 0 aliphatic rings. The summed E-state index contributed by atoms with van der Waals surface area (Å²) in [6.07, 6.45) is 1.57. The molecular weight excluding hydrogens is 592 g/mol. The Morgan fingerprint density at radius 1 is 1.06 bits per heavy atom. The van der Waals surface area contributed by atoms with Crippen LogP contribution in [0.15, 0.2) is 87.3 Å². The Hall–Kier alpha value is -3.11. The third-order valence-electron chi connectivity index (χ3n) is 5.35. The number of hydrogen-bond donors (Lipinski definition) is 1. The maximum absolute atomic E-state index is 13.1. The van der Waals surface area contributed by atoms with Crippen molar-refractivity contribution >= 4 is 71.9 Å². The zero-order valence-electron chi connectivity index (χ0n) is 18.6. The van der Waals surface area contributed by atoms with Crippen molar-refractivity contribution in [2.45, 2.75) is 13.5 Å². The molecule has 0 atom stereocenters. The standard InChI is InChI=1S/C28H19Br2ClN2O2/c1-17-12-23(29)27(24(30)13-17)33-28(34)20(15-32)14-22-21-8-4-2-6-18(21)10-11-26(22)35-16-19-7-3-5-9-25(19)31/h2-14H,16H2,1H3,(H,33,34)/b20-14+. The molecule has 0 aliphatic carbocycles. The maximum Gasteiger partial charge on any atom is 0.266 e. The number of anilines is 1. The van der Waals surface area contributed by atoms with E-state index in [1.54, 1.807) is 12.1 Å². The predicted octanol–water partition coefficient (Wildman–Crippen LogP) is 8.45. The highest BCUT2D eigenvalue weighted by molar-refractivity contribution is 9.11. The lowest BCUT2D eigenvalue weighted by atomic mass is 10.0. The van der Waals surface area contributed by atoms with Gasteiger partial charge in [0.2, 0.25) is 0 Å². The number of carbonyl (C=O) groups is 1. The lowest BCUT2D eigenvalue weighted by Gasteiger charge is -2.14. The summed E-state index contributed by atoms with van der Waals surface area (Å²) in [4.78, 5) is 13.1. The van der Waals surface area contributed by atoms with E-state index in [-0.39, 0.29) is 12.2 Å². The number of ether oxygens (including phenoxy) is 1. The Balaban J connectivity index is 1.73. The Labute approximate surface area is 225 Å². The van der Waals surface area contributed by atoms with Gasteiger partial charge in [0.1, 0.15) is 24.0 Å². The number of nitrogens with zero attached hydrogens (tertiary/aromatic N) is 1. The summed E-state index contributed by atoms with van der Waals surface area (Å²) < 4.78 is 7.55. The molecule has 4 aromatic carbocycles. The third-order valence-corrected chi connectivity index (χ3v) is 6.97. The molecule has 174 valence electrons. The second-order valence-corrected chi connectivity index (χ2v) is 9.92. The van der Waals surface area contributed by atoms with E-state index in [0.29, 0.717) is 31.0 Å². The Morgan fingerprint density at radius 2 is 1.74 bits per heavy atom. The van der Waals surface area contributed by atoms with Crippen molar-refractivity contribution in [1.82, 2.24) is 0 Å². The van der Waals surface area contributed by atoms with Crippen LogP contribution in [0.5, 0.6) is 5.75 Å². The van der Waals surface area contributed by atoms with Crippen molar-refractivity contribution < 1.29 is 9.53 Å². The van der Waals surface area contributed by atoms with Gasteiger partial charge in [0.05, 0.1) is 5.69 Å². The fourth-order valence-corrected chi connectivity index (χ4v) is 5.42. The molecule has 0 spiro atoms. The summed E-state index contributed by atoms with van der Waals surface area (Å²) in [6.45, 7) is 2.20. The summed E-state index contributed by atoms with van der Waals surface area (Å²) in [6, 6.07) is 24.8. The zero-order chi connectivity index (χ0) is 24.9. The number of amides is 1. The normalized spacial score (nSPS) is 11.2. The van der Waals surface area contributed by atoms with Gasteiger partial charge in [0.15, 0.2) is 0 Å². The van der Waals surface area contributed by atoms with Crippen molar-refractivity contribution in [3.05, 3.63) is 109 Å². The van der Waals surface area contributed by atoms with Crippen LogP contribution >= 0.6 is 43.5 Å². The summed E-state index contributed by atoms with van der Waals surface area (Å²) in [5.74, 6) is 0.0182. The van der Waals surface area contributed by atoms with Crippen LogP contribution in [-0.2, 0) is 11.4 Å². The number of nitrogens with one attached hydrogen (secondary N) is 1. The Bertz CT molecular complexity index is 1490. The van der Waals surface area contributed by atoms with Gasteiger partial charge in [-0.15, -0.1) is 0 Å². The van der Waals surface area contributed by atoms with Crippen LogP contribution in [0.3, 0.4) is 0 Å². The van der Waals surface area contributed by atoms with Crippen molar-refractivity contribution in [2.75, 3.05) is 5.32 Å². The molecule has 0 radical (unpaired) electrons. The largest absolute Gasteiger partial charge is 0.488 e. The first-order valence-electron chi connectivity index (χ1n) is 10.6. The quantitative estimate of drug-likeness (QED) is 0.176. The fraction of sp³-hybridized carbons (Fsp3) is 0.0714. The van der Waals surface area contributed by atoms with Crippen molar-refractivity contribution in [3.8, 4) is 11.8 Å². The van der Waals surface area contributed by atoms with Gasteiger partial charge in [0.25, 0.3) is 5.91 Å². The number of halogens is 3. The molecule has 1 N–H and O–H groups in total. The van der Waals surface area contributed by atoms with Gasteiger partial charge in [-0.05, 0) is 85.5 Å². The van der Waals surface area contributed by atoms with Gasteiger partial charge in [-0.25, -0.2) is 0 Å². The molecule has 0 saturated heterocycles. The minimum Gasteiger partial charge on any atom is -0.488 e. The molecule has 0 bridgehead atoms. The number of nitriles is 1. The topological polar surface area (TPSA) is 62.1 Å². The molecule has 4 aromatic rings. The van der Waals surface area contributed by atoms with Crippen LogP contribution in [0.25, 0.3) is 16.8 Å². The van der Waals surface area contributed by atoms with Crippen LogP contribution in [0, 0.1) is 18.3 Å². The first-order chi connectivity index (χ1) is 16.9. The van der Waals surface area contributed by atoms with E-state index in [1.807, 2.05) is 79.7 Å². The second kappa shape index (κ2) is 11.1. The predicted molar refractivity (Wildman–Crippen MR) is 149 cm³/mol. The number of hydrogen-bond acceptors (Lipinski definition) is 3. The van der Waals surface area contributed by atoms with Crippen molar-refractivity contribution in [2.24, 2.45) is 0 Å². The number of fused-ring (bicyclic) bond motifs is 1. The van der Waals surface area contributed by atoms with Crippen LogP contribution in [-0.4, -0.2) is 5.91 Å². The summed E-state index contributed by atoms with van der Waals surface area (Å²) in [7, 11) is 0. The van der Waals surface area contributed by atoms with Gasteiger partial charge in [0, 0.05) is 25.1 Å². The van der Waals surface area contributed by atoms with E-state index in [9.17, 15) is 10.1 Å². The zero-order valence-corrected chi connectivity index (χ0v) is 22.5. The average Bonchev–Trinajstić information content (AvgIpc) is 2.84. The first-order valence-corrected chi connectivity index (χ1v) is 12.6. The molecule has 1 amide bonds. The summed E-state index contributed by atoms with van der Waals surface area (Å²) >= 11 is 13.2. The summed E-state index contributed by atoms with van der Waals surface area (Å²) in [5.41, 5.74) is 3.00. The molecule has 4 nitrogen and oxygen atoms in total. The van der Waals surface area contributed by atoms with Gasteiger partial charge >= 0.3 is 0 Å². The maximum atomic E-state index is 13.1. The number of carbonyl (C=O) groups excluding carboxylic acids is 1. The Morgan fingerprint density at radius 3 is 2.46 bits per heavy atom. The molecule has 35 heavy (non-hydrogen) atoms. The third kappa shape index (κ3) is 5.76. The first kappa shape index (κ1) is 25.0. The van der Waals surface area contributed by atoms with E-state index < -0.39 is 5.91 Å². The molecule has 0 saturated carbocycles. The summed E-state index contributed by atoms with van der Waals surface area (Å²) in [5, 5.41) is 15.1. The monoisotopic (exact) mass is 608 g/mol. The highest BCUT2D eigenvalue weighted by atomic mass is 79.9. The van der Waals surface area contributed by atoms with Crippen LogP contribution < -0.4 is 10.1 Å². The fourth-order valence-electron chi connectivity index (χ4n) is 3.61. The van der Waals surface area contributed by atoms with E-state index in [1.165, 1.54) is 0 Å². The van der Waals surface area contributed by atoms with Crippen LogP contribution in [0.2, 0.25) is 5.02 Å². The minimum atomic E-state index is -0.525. The van der Waals surface area contributed by atoms with Gasteiger partial charge in [-0.1, -0.05) is 60.1 Å². The molecule has 0 fully saturated rings. The smallest absolute Gasteiger partial charge is 0.266 e. The van der Waals surface area contributed by atoms with Gasteiger partial charge in [-0.3, -0.25) is 4.79 Å². The van der Waals surface area contributed by atoms with E-state index in [0.717, 1.165) is 21.9 Å². The molecule has 0 heterocycles. The van der Waals surface area contributed by atoms with Gasteiger partial charge < -0.3 is 10.1 Å². The second-order valence-electron chi connectivity index (χ2n) is 7.81. The highest BCUT2D eigenvalue weighted by Gasteiger charge is 2.17. The molecule has 0 aromatic heterocycles. The van der Waals surface area contributed by atoms with E-state index >= 15 is 0 Å². The average molecular weight is 611 g/mol. The van der Waals surface area contributed by atoms with Crippen molar-refractivity contribution in [1.29, 1.82) is 5.26 Å². The van der Waals surface area contributed by atoms with E-state index in [4.69, 9.17) is 16.3 Å². The van der Waals surface area contributed by atoms with Crippen LogP contribution in [0.4, 0.5) is 5.69 Å². The highest BCUT2D eigenvalue weighted by Crippen LogP contribution is 2.34. The Kier molecular flexibility index (Phi) is 7.92. The number of aryl methyl sites for hydroxylation is 1. The number of benzene rings is 4. The molecule has 0 unspecified atom stereocenters. The lowest BCUT2D eigenvalue weighted by molar-refractivity contribution is -0.112. The minimum absolute atomic E-state index is 0.0525. The SMILES string of the molecule is Cc1cc(Br)c(NC(=O)/C(C#N)=C/c2c(OCc3ccccc3Cl)ccc3ccccc23)c(Br)c1. The molecule has 7 heteroatoms. The van der Waals surface area contributed by atoms with Crippen LogP contribution in [0.1, 0.15) is 16.7 Å². The number of rotatable bonds is 6. The van der Waals surface area contributed by atoms with Crippen molar-refractivity contribution in [3.63, 3.8) is 0 Å². The van der Waals surface area contributed by atoms with Gasteiger partial charge in [-0.2, -0.15) is 5.26 Å². The molecular formula is C28H19Br2ClN2O2.